The molecule has 1 aromatic heterocycles. The molecule has 0 N–H and O–H groups in total. The van der Waals surface area contributed by atoms with Crippen molar-refractivity contribution in [2.75, 3.05) is 26.3 Å². The van der Waals surface area contributed by atoms with Gasteiger partial charge in [0, 0.05) is 13.1 Å². The van der Waals surface area contributed by atoms with E-state index in [0.717, 1.165) is 18.5 Å². The summed E-state index contributed by atoms with van der Waals surface area (Å²) < 4.78 is 15.4. The average Bonchev–Trinajstić information content (AvgIpc) is 2.85. The lowest BCUT2D eigenvalue weighted by Gasteiger charge is -2.53. The molecular formula is C14H21N3O3S. The summed E-state index contributed by atoms with van der Waals surface area (Å²) in [6, 6.07) is 0. The van der Waals surface area contributed by atoms with Crippen molar-refractivity contribution >= 4 is 17.4 Å². The first-order valence-corrected chi connectivity index (χ1v) is 8.10. The number of carbonyl (C=O) groups excluding carboxylic acids is 1. The van der Waals surface area contributed by atoms with Crippen LogP contribution in [-0.4, -0.2) is 52.5 Å². The van der Waals surface area contributed by atoms with E-state index in [1.54, 1.807) is 0 Å². The molecule has 0 aromatic carbocycles. The van der Waals surface area contributed by atoms with Crippen LogP contribution in [0.3, 0.4) is 0 Å². The maximum absolute atomic E-state index is 12.5. The van der Waals surface area contributed by atoms with E-state index in [1.807, 2.05) is 18.7 Å². The number of rotatable bonds is 3. The van der Waals surface area contributed by atoms with E-state index in [4.69, 9.17) is 9.47 Å². The van der Waals surface area contributed by atoms with Crippen molar-refractivity contribution in [2.24, 2.45) is 5.41 Å². The lowest BCUT2D eigenvalue weighted by atomic mass is 9.80. The van der Waals surface area contributed by atoms with Gasteiger partial charge >= 0.3 is 0 Å². The van der Waals surface area contributed by atoms with Crippen LogP contribution in [0.15, 0.2) is 0 Å². The molecule has 0 unspecified atom stereocenters. The Morgan fingerprint density at radius 1 is 1.33 bits per heavy atom. The molecule has 0 bridgehead atoms. The zero-order valence-corrected chi connectivity index (χ0v) is 13.5. The lowest BCUT2D eigenvalue weighted by molar-refractivity contribution is -0.301. The fourth-order valence-electron chi connectivity index (χ4n) is 2.74. The van der Waals surface area contributed by atoms with Crippen molar-refractivity contribution < 1.29 is 14.3 Å². The number of aryl methyl sites for hydroxylation is 1. The SMILES string of the molecule is CCCc1nnsc1C(=O)N1CC2(COC(C)(C)OC2)C1. The van der Waals surface area contributed by atoms with Crippen LogP contribution in [0, 0.1) is 5.41 Å². The Kier molecular flexibility index (Phi) is 3.75. The third kappa shape index (κ3) is 2.82. The molecule has 1 amide bonds. The van der Waals surface area contributed by atoms with Crippen LogP contribution in [0.1, 0.15) is 42.6 Å². The third-order valence-electron chi connectivity index (χ3n) is 4.03. The number of likely N-dealkylation sites (tertiary alicyclic amines) is 1. The van der Waals surface area contributed by atoms with Crippen molar-refractivity contribution in [3.8, 4) is 0 Å². The van der Waals surface area contributed by atoms with Crippen molar-refractivity contribution in [1.29, 1.82) is 0 Å². The highest BCUT2D eigenvalue weighted by Crippen LogP contribution is 2.38. The zero-order chi connectivity index (χ0) is 15.1. The van der Waals surface area contributed by atoms with Gasteiger partial charge in [-0.25, -0.2) is 0 Å². The number of hydrogen-bond acceptors (Lipinski definition) is 6. The minimum atomic E-state index is -0.508. The van der Waals surface area contributed by atoms with E-state index >= 15 is 0 Å². The monoisotopic (exact) mass is 311 g/mol. The number of nitrogens with zero attached hydrogens (tertiary/aromatic N) is 3. The summed E-state index contributed by atoms with van der Waals surface area (Å²) in [6.07, 6.45) is 1.77. The number of amides is 1. The summed E-state index contributed by atoms with van der Waals surface area (Å²) in [5, 5.41) is 4.06. The number of carbonyl (C=O) groups is 1. The quantitative estimate of drug-likeness (QED) is 0.850. The second kappa shape index (κ2) is 5.30. The molecule has 2 aliphatic heterocycles. The first-order chi connectivity index (χ1) is 9.95. The smallest absolute Gasteiger partial charge is 0.267 e. The summed E-state index contributed by atoms with van der Waals surface area (Å²) in [5.74, 6) is -0.463. The van der Waals surface area contributed by atoms with Crippen LogP contribution < -0.4 is 0 Å². The first kappa shape index (κ1) is 14.9. The van der Waals surface area contributed by atoms with Crippen LogP contribution in [0.25, 0.3) is 0 Å². The van der Waals surface area contributed by atoms with E-state index in [0.29, 0.717) is 31.2 Å². The Hall–Kier alpha value is -1.05. The molecule has 3 heterocycles. The zero-order valence-electron chi connectivity index (χ0n) is 12.7. The van der Waals surface area contributed by atoms with Gasteiger partial charge in [0.15, 0.2) is 5.79 Å². The third-order valence-corrected chi connectivity index (χ3v) is 4.78. The van der Waals surface area contributed by atoms with Gasteiger partial charge in [-0.05, 0) is 31.8 Å². The molecule has 1 spiro atoms. The predicted molar refractivity (Wildman–Crippen MR) is 78.2 cm³/mol. The largest absolute Gasteiger partial charge is 0.350 e. The molecule has 116 valence electrons. The minimum absolute atomic E-state index is 0.0335. The van der Waals surface area contributed by atoms with Crippen molar-refractivity contribution in [3.63, 3.8) is 0 Å². The highest BCUT2D eigenvalue weighted by Gasteiger charge is 2.50. The predicted octanol–water partition coefficient (Wildman–Crippen LogP) is 1.72. The lowest BCUT2D eigenvalue weighted by Crippen LogP contribution is -2.65. The molecule has 1 aromatic rings. The molecule has 0 aliphatic carbocycles. The van der Waals surface area contributed by atoms with Crippen molar-refractivity contribution in [3.05, 3.63) is 10.6 Å². The van der Waals surface area contributed by atoms with Gasteiger partial charge in [0.1, 0.15) is 4.88 Å². The Morgan fingerprint density at radius 2 is 2.00 bits per heavy atom. The van der Waals surface area contributed by atoms with Crippen molar-refractivity contribution in [1.82, 2.24) is 14.5 Å². The second-order valence-corrected chi connectivity index (χ2v) is 7.19. The standard InChI is InChI=1S/C14H21N3O3S/c1-4-5-10-11(21-16-15-10)12(18)17-6-14(7-17)8-19-13(2,3)20-9-14/h4-9H2,1-3H3. The summed E-state index contributed by atoms with van der Waals surface area (Å²) >= 11 is 1.20. The molecule has 0 radical (unpaired) electrons. The van der Waals surface area contributed by atoms with Gasteiger partial charge in [0.2, 0.25) is 0 Å². The summed E-state index contributed by atoms with van der Waals surface area (Å²) in [4.78, 5) is 15.0. The summed E-state index contributed by atoms with van der Waals surface area (Å²) in [7, 11) is 0. The van der Waals surface area contributed by atoms with Gasteiger partial charge in [0.25, 0.3) is 5.91 Å². The van der Waals surface area contributed by atoms with Crippen LogP contribution in [0.2, 0.25) is 0 Å². The average molecular weight is 311 g/mol. The van der Waals surface area contributed by atoms with E-state index in [2.05, 4.69) is 16.5 Å². The number of aromatic nitrogens is 2. The van der Waals surface area contributed by atoms with Gasteiger partial charge in [-0.3, -0.25) is 4.79 Å². The highest BCUT2D eigenvalue weighted by molar-refractivity contribution is 7.08. The molecule has 3 rings (SSSR count). The second-order valence-electron chi connectivity index (χ2n) is 6.44. The fraction of sp³-hybridized carbons (Fsp3) is 0.786. The molecule has 6 nitrogen and oxygen atoms in total. The summed E-state index contributed by atoms with van der Waals surface area (Å²) in [6.45, 7) is 8.57. The van der Waals surface area contributed by atoms with Gasteiger partial charge in [-0.2, -0.15) is 0 Å². The van der Waals surface area contributed by atoms with E-state index in [9.17, 15) is 4.79 Å². The molecular weight excluding hydrogens is 290 g/mol. The Balaban J connectivity index is 1.61. The molecule has 2 saturated heterocycles. The van der Waals surface area contributed by atoms with Crippen LogP contribution in [0.5, 0.6) is 0 Å². The Morgan fingerprint density at radius 3 is 2.62 bits per heavy atom. The van der Waals surface area contributed by atoms with Crippen molar-refractivity contribution in [2.45, 2.75) is 39.4 Å². The Bertz CT molecular complexity index is 525. The van der Waals surface area contributed by atoms with Gasteiger partial charge in [0.05, 0.1) is 24.3 Å². The van der Waals surface area contributed by atoms with E-state index in [-0.39, 0.29) is 11.3 Å². The van der Waals surface area contributed by atoms with Gasteiger partial charge < -0.3 is 14.4 Å². The normalized spacial score (nSPS) is 23.1. The molecule has 21 heavy (non-hydrogen) atoms. The topological polar surface area (TPSA) is 64.6 Å². The van der Waals surface area contributed by atoms with Gasteiger partial charge in [-0.15, -0.1) is 5.10 Å². The first-order valence-electron chi connectivity index (χ1n) is 7.33. The van der Waals surface area contributed by atoms with E-state index < -0.39 is 5.79 Å². The maximum Gasteiger partial charge on any atom is 0.267 e. The molecule has 2 aliphatic rings. The summed E-state index contributed by atoms with van der Waals surface area (Å²) in [5.41, 5.74) is 0.791. The fourth-order valence-corrected chi connectivity index (χ4v) is 3.42. The molecule has 0 atom stereocenters. The Labute approximate surface area is 128 Å². The van der Waals surface area contributed by atoms with Gasteiger partial charge in [-0.1, -0.05) is 17.8 Å². The van der Waals surface area contributed by atoms with Crippen LogP contribution in [0.4, 0.5) is 0 Å². The molecule has 0 saturated carbocycles. The molecule has 7 heteroatoms. The number of hydrogen-bond donors (Lipinski definition) is 0. The number of ether oxygens (including phenoxy) is 2. The van der Waals surface area contributed by atoms with Crippen LogP contribution in [-0.2, 0) is 15.9 Å². The van der Waals surface area contributed by atoms with Crippen LogP contribution >= 0.6 is 11.5 Å². The maximum atomic E-state index is 12.5. The molecule has 2 fully saturated rings. The minimum Gasteiger partial charge on any atom is -0.350 e. The van der Waals surface area contributed by atoms with E-state index in [1.165, 1.54) is 11.5 Å². The highest BCUT2D eigenvalue weighted by atomic mass is 32.1.